The van der Waals surface area contributed by atoms with E-state index in [4.69, 9.17) is 27.7 Å². The van der Waals surface area contributed by atoms with Gasteiger partial charge < -0.3 is 9.84 Å². The molecule has 0 saturated carbocycles. The number of aromatic nitrogens is 1. The van der Waals surface area contributed by atoms with Crippen molar-refractivity contribution in [3.8, 4) is 11.3 Å². The second-order valence-corrected chi connectivity index (χ2v) is 5.65. The Bertz CT molecular complexity index is 552. The third kappa shape index (κ3) is 3.96. The van der Waals surface area contributed by atoms with Crippen LogP contribution in [0.3, 0.4) is 0 Å². The number of hydrogen-bond acceptors (Lipinski definition) is 3. The van der Waals surface area contributed by atoms with Crippen molar-refractivity contribution in [1.82, 2.24) is 10.5 Å². The Morgan fingerprint density at radius 1 is 1.21 bits per heavy atom. The molecule has 0 aliphatic carbocycles. The predicted molar refractivity (Wildman–Crippen MR) is 78.5 cm³/mol. The van der Waals surface area contributed by atoms with Crippen molar-refractivity contribution in [1.29, 1.82) is 0 Å². The number of nitrogens with zero attached hydrogens (tertiary/aromatic N) is 1. The molecule has 5 heteroatoms. The molecule has 0 amide bonds. The number of nitrogens with one attached hydrogen (secondary N) is 1. The molecule has 2 aromatic rings. The second kappa shape index (κ2) is 6.42. The van der Waals surface area contributed by atoms with Crippen molar-refractivity contribution < 1.29 is 4.52 Å². The first kappa shape index (κ1) is 14.4. The molecule has 2 rings (SSSR count). The summed E-state index contributed by atoms with van der Waals surface area (Å²) in [5, 5.41) is 8.39. The Hall–Kier alpha value is -1.03. The molecule has 0 aliphatic heterocycles. The topological polar surface area (TPSA) is 38.1 Å². The molecule has 1 heterocycles. The van der Waals surface area contributed by atoms with Gasteiger partial charge in [-0.3, -0.25) is 0 Å². The average Bonchev–Trinajstić information content (AvgIpc) is 2.81. The molecule has 19 heavy (non-hydrogen) atoms. The van der Waals surface area contributed by atoms with Crippen LogP contribution < -0.4 is 5.32 Å². The number of halogens is 2. The Labute approximate surface area is 122 Å². The van der Waals surface area contributed by atoms with E-state index < -0.39 is 0 Å². The first-order valence-electron chi connectivity index (χ1n) is 6.18. The molecule has 0 saturated heterocycles. The van der Waals surface area contributed by atoms with E-state index in [0.717, 1.165) is 17.8 Å². The Balaban J connectivity index is 2.05. The molecule has 0 fully saturated rings. The summed E-state index contributed by atoms with van der Waals surface area (Å²) in [5.74, 6) is 1.31. The SMILES string of the molecule is CC(C)CNCc1cc(-c2ccc(Cl)c(Cl)c2)on1. The van der Waals surface area contributed by atoms with E-state index in [2.05, 4.69) is 24.3 Å². The summed E-state index contributed by atoms with van der Waals surface area (Å²) in [6.07, 6.45) is 0. The summed E-state index contributed by atoms with van der Waals surface area (Å²) in [7, 11) is 0. The van der Waals surface area contributed by atoms with Gasteiger partial charge in [0.2, 0.25) is 0 Å². The van der Waals surface area contributed by atoms with Crippen molar-refractivity contribution >= 4 is 23.2 Å². The second-order valence-electron chi connectivity index (χ2n) is 4.84. The molecule has 0 atom stereocenters. The van der Waals surface area contributed by atoms with E-state index in [1.54, 1.807) is 12.1 Å². The monoisotopic (exact) mass is 298 g/mol. The molecule has 0 radical (unpaired) electrons. The summed E-state index contributed by atoms with van der Waals surface area (Å²) < 4.78 is 5.31. The van der Waals surface area contributed by atoms with Gasteiger partial charge in [-0.25, -0.2) is 0 Å². The predicted octanol–water partition coefficient (Wildman–Crippen LogP) is 4.39. The van der Waals surface area contributed by atoms with Crippen molar-refractivity contribution in [3.63, 3.8) is 0 Å². The molecule has 1 N–H and O–H groups in total. The van der Waals surface area contributed by atoms with Crippen molar-refractivity contribution in [3.05, 3.63) is 40.0 Å². The smallest absolute Gasteiger partial charge is 0.167 e. The fourth-order valence-corrected chi connectivity index (χ4v) is 1.97. The lowest BCUT2D eigenvalue weighted by atomic mass is 10.1. The Morgan fingerprint density at radius 2 is 2.00 bits per heavy atom. The number of rotatable bonds is 5. The maximum absolute atomic E-state index is 5.98. The zero-order chi connectivity index (χ0) is 13.8. The molecule has 0 aliphatic rings. The van der Waals surface area contributed by atoms with Crippen LogP contribution in [-0.2, 0) is 6.54 Å². The van der Waals surface area contributed by atoms with Crippen LogP contribution in [0.25, 0.3) is 11.3 Å². The van der Waals surface area contributed by atoms with Crippen molar-refractivity contribution in [2.24, 2.45) is 5.92 Å². The fraction of sp³-hybridized carbons (Fsp3) is 0.357. The lowest BCUT2D eigenvalue weighted by Gasteiger charge is -2.04. The lowest BCUT2D eigenvalue weighted by Crippen LogP contribution is -2.18. The molecule has 3 nitrogen and oxygen atoms in total. The van der Waals surface area contributed by atoms with Gasteiger partial charge in [0, 0.05) is 18.2 Å². The molecule has 0 unspecified atom stereocenters. The minimum atomic E-state index is 0.509. The van der Waals surface area contributed by atoms with Gasteiger partial charge in [0.15, 0.2) is 5.76 Å². The molecule has 1 aromatic carbocycles. The van der Waals surface area contributed by atoms with Gasteiger partial charge in [0.25, 0.3) is 0 Å². The van der Waals surface area contributed by atoms with Gasteiger partial charge in [-0.2, -0.15) is 0 Å². The molecular formula is C14H16Cl2N2O. The number of hydrogen-bond donors (Lipinski definition) is 1. The highest BCUT2D eigenvalue weighted by atomic mass is 35.5. The minimum Gasteiger partial charge on any atom is -0.356 e. The summed E-state index contributed by atoms with van der Waals surface area (Å²) in [4.78, 5) is 0. The van der Waals surface area contributed by atoms with Crippen LogP contribution in [0.2, 0.25) is 10.0 Å². The zero-order valence-corrected chi connectivity index (χ0v) is 12.4. The van der Waals surface area contributed by atoms with Gasteiger partial charge in [-0.15, -0.1) is 0 Å². The van der Waals surface area contributed by atoms with E-state index in [0.29, 0.717) is 28.3 Å². The summed E-state index contributed by atoms with van der Waals surface area (Å²) in [6.45, 7) is 5.98. The van der Waals surface area contributed by atoms with Crippen LogP contribution in [0.15, 0.2) is 28.8 Å². The highest BCUT2D eigenvalue weighted by Gasteiger charge is 2.08. The Morgan fingerprint density at radius 3 is 2.68 bits per heavy atom. The third-order valence-corrected chi connectivity index (χ3v) is 3.36. The van der Waals surface area contributed by atoms with E-state index >= 15 is 0 Å². The third-order valence-electron chi connectivity index (χ3n) is 2.62. The van der Waals surface area contributed by atoms with Crippen LogP contribution in [0.1, 0.15) is 19.5 Å². The standard InChI is InChI=1S/C14H16Cl2N2O/c1-9(2)7-17-8-11-6-14(19-18-11)10-3-4-12(15)13(16)5-10/h3-6,9,17H,7-8H2,1-2H3. The van der Waals surface area contributed by atoms with Crippen molar-refractivity contribution in [2.75, 3.05) is 6.54 Å². The lowest BCUT2D eigenvalue weighted by molar-refractivity contribution is 0.418. The fourth-order valence-electron chi connectivity index (χ4n) is 1.67. The largest absolute Gasteiger partial charge is 0.356 e. The van der Waals surface area contributed by atoms with Gasteiger partial charge >= 0.3 is 0 Å². The van der Waals surface area contributed by atoms with Gasteiger partial charge in [-0.05, 0) is 30.7 Å². The van der Waals surface area contributed by atoms with Gasteiger partial charge in [0.1, 0.15) is 0 Å². The van der Waals surface area contributed by atoms with Crippen LogP contribution in [-0.4, -0.2) is 11.7 Å². The molecular weight excluding hydrogens is 283 g/mol. The maximum atomic E-state index is 5.98. The normalized spacial score (nSPS) is 11.2. The summed E-state index contributed by atoms with van der Waals surface area (Å²) in [5.41, 5.74) is 1.75. The quantitative estimate of drug-likeness (QED) is 0.889. The summed E-state index contributed by atoms with van der Waals surface area (Å²) >= 11 is 11.9. The number of benzene rings is 1. The van der Waals surface area contributed by atoms with Gasteiger partial charge in [-0.1, -0.05) is 42.2 Å². The van der Waals surface area contributed by atoms with Crippen LogP contribution in [0.5, 0.6) is 0 Å². The average molecular weight is 299 g/mol. The molecule has 102 valence electrons. The van der Waals surface area contributed by atoms with Crippen LogP contribution in [0, 0.1) is 5.92 Å². The summed E-state index contributed by atoms with van der Waals surface area (Å²) in [6, 6.07) is 7.29. The van der Waals surface area contributed by atoms with E-state index in [9.17, 15) is 0 Å². The van der Waals surface area contributed by atoms with Crippen molar-refractivity contribution in [2.45, 2.75) is 20.4 Å². The van der Waals surface area contributed by atoms with Crippen LogP contribution >= 0.6 is 23.2 Å². The highest BCUT2D eigenvalue weighted by Crippen LogP contribution is 2.28. The van der Waals surface area contributed by atoms with E-state index in [-0.39, 0.29) is 0 Å². The van der Waals surface area contributed by atoms with E-state index in [1.165, 1.54) is 0 Å². The van der Waals surface area contributed by atoms with Gasteiger partial charge in [0.05, 0.1) is 15.7 Å². The molecule has 0 spiro atoms. The minimum absolute atomic E-state index is 0.509. The molecule has 0 bridgehead atoms. The first-order valence-corrected chi connectivity index (χ1v) is 6.93. The zero-order valence-electron chi connectivity index (χ0n) is 10.9. The van der Waals surface area contributed by atoms with E-state index in [1.807, 2.05) is 12.1 Å². The first-order chi connectivity index (χ1) is 9.06. The Kier molecular flexibility index (Phi) is 4.86. The maximum Gasteiger partial charge on any atom is 0.167 e. The molecule has 1 aromatic heterocycles. The highest BCUT2D eigenvalue weighted by molar-refractivity contribution is 6.42. The van der Waals surface area contributed by atoms with Crippen LogP contribution in [0.4, 0.5) is 0 Å².